The van der Waals surface area contributed by atoms with Gasteiger partial charge in [0.25, 0.3) is 0 Å². The SMILES string of the molecule is Cc1cc(C(F)(F)F)cc(O)c1-c1nnc2c(C3CCCN(C)C3)coc2c1C. The lowest BCUT2D eigenvalue weighted by molar-refractivity contribution is -0.137. The summed E-state index contributed by atoms with van der Waals surface area (Å²) >= 11 is 0. The molecule has 4 rings (SSSR count). The molecule has 154 valence electrons. The number of aromatic nitrogens is 2. The zero-order valence-electron chi connectivity index (χ0n) is 16.5. The van der Waals surface area contributed by atoms with E-state index in [2.05, 4.69) is 22.1 Å². The number of hydrogen-bond acceptors (Lipinski definition) is 5. The molecule has 0 aliphatic carbocycles. The van der Waals surface area contributed by atoms with Crippen molar-refractivity contribution in [2.45, 2.75) is 38.8 Å². The van der Waals surface area contributed by atoms with Crippen LogP contribution in [-0.4, -0.2) is 40.3 Å². The van der Waals surface area contributed by atoms with E-state index < -0.39 is 17.5 Å². The van der Waals surface area contributed by atoms with E-state index in [0.717, 1.165) is 43.6 Å². The quantitative estimate of drug-likeness (QED) is 0.647. The molecule has 1 unspecified atom stereocenters. The average molecular weight is 405 g/mol. The largest absolute Gasteiger partial charge is 0.507 e. The molecule has 1 atom stereocenters. The number of furan rings is 1. The Balaban J connectivity index is 1.80. The van der Waals surface area contributed by atoms with Gasteiger partial charge >= 0.3 is 6.18 Å². The molecule has 0 spiro atoms. The number of aromatic hydroxyl groups is 1. The highest BCUT2D eigenvalue weighted by molar-refractivity contribution is 5.86. The standard InChI is InChI=1S/C21H22F3N3O2/c1-11-7-14(21(22,23)24)8-16(28)17(11)18-12(2)20-19(26-25-18)15(10-29-20)13-5-4-6-27(3)9-13/h7-8,10,13,28H,4-6,9H2,1-3H3. The molecule has 1 fully saturated rings. The van der Waals surface area contributed by atoms with Gasteiger partial charge in [0.15, 0.2) is 5.58 Å². The fraction of sp³-hybridized carbons (Fsp3) is 0.429. The molecule has 0 radical (unpaired) electrons. The van der Waals surface area contributed by atoms with E-state index in [0.29, 0.717) is 28.3 Å². The van der Waals surface area contributed by atoms with Crippen molar-refractivity contribution in [1.82, 2.24) is 15.1 Å². The zero-order chi connectivity index (χ0) is 20.9. The lowest BCUT2D eigenvalue weighted by Crippen LogP contribution is -2.30. The van der Waals surface area contributed by atoms with Crippen LogP contribution < -0.4 is 0 Å². The Labute approximate surface area is 166 Å². The minimum absolute atomic E-state index is 0.236. The van der Waals surface area contributed by atoms with Gasteiger partial charge in [0.05, 0.1) is 11.8 Å². The van der Waals surface area contributed by atoms with Crippen LogP contribution in [0.1, 0.15) is 41.0 Å². The van der Waals surface area contributed by atoms with Gasteiger partial charge in [-0.05, 0) is 58.0 Å². The van der Waals surface area contributed by atoms with E-state index in [9.17, 15) is 18.3 Å². The summed E-state index contributed by atoms with van der Waals surface area (Å²) in [5.41, 5.74) is 2.81. The minimum Gasteiger partial charge on any atom is -0.507 e. The summed E-state index contributed by atoms with van der Waals surface area (Å²) in [6.45, 7) is 5.27. The molecule has 1 aliphatic rings. The maximum Gasteiger partial charge on any atom is 0.416 e. The van der Waals surface area contributed by atoms with Crippen molar-refractivity contribution in [3.63, 3.8) is 0 Å². The third kappa shape index (κ3) is 3.46. The van der Waals surface area contributed by atoms with E-state index in [-0.39, 0.29) is 11.1 Å². The first-order valence-corrected chi connectivity index (χ1v) is 9.51. The van der Waals surface area contributed by atoms with Crippen LogP contribution in [0.15, 0.2) is 22.8 Å². The Kier molecular flexibility index (Phi) is 4.77. The average Bonchev–Trinajstić information content (AvgIpc) is 3.07. The number of rotatable bonds is 2. The van der Waals surface area contributed by atoms with Gasteiger partial charge in [-0.25, -0.2) is 0 Å². The molecular weight excluding hydrogens is 383 g/mol. The van der Waals surface area contributed by atoms with E-state index in [1.165, 1.54) is 6.92 Å². The number of phenols is 1. The van der Waals surface area contributed by atoms with E-state index >= 15 is 0 Å². The van der Waals surface area contributed by atoms with Crippen LogP contribution in [0.5, 0.6) is 5.75 Å². The number of halogens is 3. The zero-order valence-corrected chi connectivity index (χ0v) is 16.5. The molecule has 8 heteroatoms. The monoisotopic (exact) mass is 405 g/mol. The number of fused-ring (bicyclic) bond motifs is 1. The van der Waals surface area contributed by atoms with Gasteiger partial charge in [0.2, 0.25) is 0 Å². The maximum atomic E-state index is 13.0. The molecular formula is C21H22F3N3O2. The van der Waals surface area contributed by atoms with E-state index in [4.69, 9.17) is 4.42 Å². The van der Waals surface area contributed by atoms with Gasteiger partial charge in [0.1, 0.15) is 17.0 Å². The van der Waals surface area contributed by atoms with Crippen LogP contribution >= 0.6 is 0 Å². The molecule has 1 N–H and O–H groups in total. The number of alkyl halides is 3. The Bertz CT molecular complexity index is 1050. The lowest BCUT2D eigenvalue weighted by Gasteiger charge is -2.28. The van der Waals surface area contributed by atoms with Crippen LogP contribution in [0.25, 0.3) is 22.4 Å². The summed E-state index contributed by atoms with van der Waals surface area (Å²) in [4.78, 5) is 2.27. The third-order valence-electron chi connectivity index (χ3n) is 5.68. The summed E-state index contributed by atoms with van der Waals surface area (Å²) in [6, 6.07) is 1.73. The van der Waals surface area contributed by atoms with Crippen molar-refractivity contribution in [3.8, 4) is 17.0 Å². The fourth-order valence-corrected chi connectivity index (χ4v) is 4.20. The predicted molar refractivity (Wildman–Crippen MR) is 103 cm³/mol. The second-order valence-corrected chi connectivity index (χ2v) is 7.83. The highest BCUT2D eigenvalue weighted by Crippen LogP contribution is 2.41. The smallest absolute Gasteiger partial charge is 0.416 e. The van der Waals surface area contributed by atoms with Crippen molar-refractivity contribution in [3.05, 3.63) is 40.6 Å². The summed E-state index contributed by atoms with van der Waals surface area (Å²) in [5, 5.41) is 18.9. The summed E-state index contributed by atoms with van der Waals surface area (Å²) in [5.74, 6) is -0.175. The molecule has 0 saturated carbocycles. The second-order valence-electron chi connectivity index (χ2n) is 7.83. The van der Waals surface area contributed by atoms with Crippen LogP contribution in [0.4, 0.5) is 13.2 Å². The Morgan fingerprint density at radius 3 is 2.62 bits per heavy atom. The first kappa shape index (κ1) is 19.7. The number of likely N-dealkylation sites (N-methyl/N-ethyl adjacent to an activating group) is 1. The van der Waals surface area contributed by atoms with Crippen LogP contribution in [0.2, 0.25) is 0 Å². The van der Waals surface area contributed by atoms with Gasteiger partial charge in [-0.3, -0.25) is 0 Å². The lowest BCUT2D eigenvalue weighted by atomic mass is 9.91. The van der Waals surface area contributed by atoms with Gasteiger partial charge in [-0.1, -0.05) is 0 Å². The van der Waals surface area contributed by atoms with Crippen molar-refractivity contribution in [2.24, 2.45) is 0 Å². The van der Waals surface area contributed by atoms with Crippen molar-refractivity contribution < 1.29 is 22.7 Å². The molecule has 3 heterocycles. The Morgan fingerprint density at radius 1 is 1.21 bits per heavy atom. The molecule has 1 aromatic carbocycles. The maximum absolute atomic E-state index is 13.0. The second kappa shape index (κ2) is 7.02. The number of aryl methyl sites for hydroxylation is 2. The number of hydrogen-bond donors (Lipinski definition) is 1. The van der Waals surface area contributed by atoms with Crippen LogP contribution in [-0.2, 0) is 6.18 Å². The molecule has 2 aromatic heterocycles. The number of piperidine rings is 1. The van der Waals surface area contributed by atoms with Gasteiger partial charge < -0.3 is 14.4 Å². The summed E-state index contributed by atoms with van der Waals surface area (Å²) < 4.78 is 44.9. The fourth-order valence-electron chi connectivity index (χ4n) is 4.20. The molecule has 1 aliphatic heterocycles. The van der Waals surface area contributed by atoms with Gasteiger partial charge in [0, 0.05) is 29.2 Å². The molecule has 0 amide bonds. The normalized spacial score (nSPS) is 18.5. The van der Waals surface area contributed by atoms with Gasteiger partial charge in [-0.2, -0.15) is 13.2 Å². The number of likely N-dealkylation sites (tertiary alicyclic amines) is 1. The van der Waals surface area contributed by atoms with Crippen molar-refractivity contribution in [2.75, 3.05) is 20.1 Å². The molecule has 0 bridgehead atoms. The first-order chi connectivity index (χ1) is 13.7. The van der Waals surface area contributed by atoms with Crippen molar-refractivity contribution in [1.29, 1.82) is 0 Å². The van der Waals surface area contributed by atoms with E-state index in [1.807, 2.05) is 0 Å². The number of nitrogens with zero attached hydrogens (tertiary/aromatic N) is 3. The highest BCUT2D eigenvalue weighted by atomic mass is 19.4. The first-order valence-electron chi connectivity index (χ1n) is 9.51. The highest BCUT2D eigenvalue weighted by Gasteiger charge is 2.33. The molecule has 5 nitrogen and oxygen atoms in total. The summed E-state index contributed by atoms with van der Waals surface area (Å²) in [6.07, 6.45) is -0.689. The molecule has 29 heavy (non-hydrogen) atoms. The van der Waals surface area contributed by atoms with Crippen LogP contribution in [0.3, 0.4) is 0 Å². The molecule has 1 saturated heterocycles. The summed E-state index contributed by atoms with van der Waals surface area (Å²) in [7, 11) is 2.08. The van der Waals surface area contributed by atoms with Crippen LogP contribution in [0, 0.1) is 13.8 Å². The third-order valence-corrected chi connectivity index (χ3v) is 5.68. The van der Waals surface area contributed by atoms with Crippen molar-refractivity contribution >= 4 is 11.1 Å². The number of phenolic OH excluding ortho intramolecular Hbond substituents is 1. The van der Waals surface area contributed by atoms with Gasteiger partial charge in [-0.15, -0.1) is 10.2 Å². The Hall–Kier alpha value is -2.61. The Morgan fingerprint density at radius 2 is 1.97 bits per heavy atom. The number of benzene rings is 1. The minimum atomic E-state index is -4.53. The topological polar surface area (TPSA) is 62.4 Å². The predicted octanol–water partition coefficient (Wildman–Crippen LogP) is 5.04. The van der Waals surface area contributed by atoms with E-state index in [1.54, 1.807) is 13.2 Å². The molecule has 3 aromatic rings.